The maximum atomic E-state index is 10.4. The number of nitrogens with zero attached hydrogens (tertiary/aromatic N) is 1. The monoisotopic (exact) mass is 253 g/mol. The Morgan fingerprint density at radius 3 is 2.74 bits per heavy atom. The lowest BCUT2D eigenvalue weighted by Crippen LogP contribution is -2.17. The van der Waals surface area contributed by atoms with Crippen molar-refractivity contribution in [2.75, 3.05) is 0 Å². The molecular weight excluding hydrogens is 234 g/mol. The van der Waals surface area contributed by atoms with E-state index in [1.807, 2.05) is 18.2 Å². The van der Waals surface area contributed by atoms with Gasteiger partial charge >= 0.3 is 0 Å². The molecule has 3 atom stereocenters. The number of hydrogen-bond donors (Lipinski definition) is 1. The summed E-state index contributed by atoms with van der Waals surface area (Å²) in [6.07, 6.45) is 4.55. The number of para-hydroxylation sites is 1. The van der Waals surface area contributed by atoms with E-state index in [1.54, 1.807) is 0 Å². The van der Waals surface area contributed by atoms with Gasteiger partial charge in [-0.2, -0.15) is 0 Å². The Labute approximate surface area is 113 Å². The molecule has 0 bridgehead atoms. The van der Waals surface area contributed by atoms with Crippen LogP contribution < -0.4 is 0 Å². The van der Waals surface area contributed by atoms with Crippen LogP contribution in [0.15, 0.2) is 36.4 Å². The van der Waals surface area contributed by atoms with Crippen LogP contribution in [0.3, 0.4) is 0 Å². The van der Waals surface area contributed by atoms with Gasteiger partial charge in [0.2, 0.25) is 0 Å². The SMILES string of the molecule is OC(Cc1ccc2ccccc2n1)C1C2CCCC21. The molecule has 1 N–H and O–H groups in total. The molecular formula is C17H19NO. The molecule has 0 radical (unpaired) electrons. The van der Waals surface area contributed by atoms with Crippen LogP contribution in [0.25, 0.3) is 10.9 Å². The van der Waals surface area contributed by atoms with E-state index in [1.165, 1.54) is 24.6 Å². The second kappa shape index (κ2) is 4.31. The molecule has 1 aromatic carbocycles. The van der Waals surface area contributed by atoms with Crippen molar-refractivity contribution in [1.82, 2.24) is 4.98 Å². The molecule has 0 aliphatic heterocycles. The fraction of sp³-hybridized carbons (Fsp3) is 0.471. The Morgan fingerprint density at radius 2 is 1.89 bits per heavy atom. The summed E-state index contributed by atoms with van der Waals surface area (Å²) >= 11 is 0. The van der Waals surface area contributed by atoms with Gasteiger partial charge in [0.05, 0.1) is 11.6 Å². The van der Waals surface area contributed by atoms with Crippen molar-refractivity contribution in [2.45, 2.75) is 31.8 Å². The highest BCUT2D eigenvalue weighted by atomic mass is 16.3. The topological polar surface area (TPSA) is 33.1 Å². The van der Waals surface area contributed by atoms with Gasteiger partial charge in [0.1, 0.15) is 0 Å². The standard InChI is InChI=1S/C17H19NO/c19-16(17-13-5-3-6-14(13)17)10-12-9-8-11-4-1-2-7-15(11)18-12/h1-2,4,7-9,13-14,16-17,19H,3,5-6,10H2. The van der Waals surface area contributed by atoms with Crippen molar-refractivity contribution >= 4 is 10.9 Å². The summed E-state index contributed by atoms with van der Waals surface area (Å²) in [7, 11) is 0. The Bertz CT molecular complexity index is 599. The summed E-state index contributed by atoms with van der Waals surface area (Å²) in [5.41, 5.74) is 2.05. The Morgan fingerprint density at radius 1 is 1.11 bits per heavy atom. The third-order valence-corrected chi connectivity index (χ3v) is 4.99. The first-order chi connectivity index (χ1) is 9.33. The molecule has 19 heavy (non-hydrogen) atoms. The Kier molecular flexibility index (Phi) is 2.59. The van der Waals surface area contributed by atoms with Gasteiger partial charge in [-0.05, 0) is 42.7 Å². The van der Waals surface area contributed by atoms with Gasteiger partial charge in [-0.25, -0.2) is 0 Å². The van der Waals surface area contributed by atoms with Gasteiger partial charge in [-0.15, -0.1) is 0 Å². The summed E-state index contributed by atoms with van der Waals surface area (Å²) in [5, 5.41) is 11.6. The lowest BCUT2D eigenvalue weighted by molar-refractivity contribution is 0.134. The van der Waals surface area contributed by atoms with Crippen LogP contribution in [-0.4, -0.2) is 16.2 Å². The van der Waals surface area contributed by atoms with E-state index in [0.29, 0.717) is 12.3 Å². The normalized spacial score (nSPS) is 30.3. The predicted octanol–water partition coefficient (Wildman–Crippen LogP) is 3.18. The molecule has 2 nitrogen and oxygen atoms in total. The number of hydrogen-bond acceptors (Lipinski definition) is 2. The fourth-order valence-corrected chi connectivity index (χ4v) is 4.02. The van der Waals surface area contributed by atoms with Crippen LogP contribution in [0.5, 0.6) is 0 Å². The lowest BCUT2D eigenvalue weighted by atomic mass is 10.0. The molecule has 3 unspecified atom stereocenters. The van der Waals surface area contributed by atoms with Crippen LogP contribution >= 0.6 is 0 Å². The molecule has 2 aromatic rings. The van der Waals surface area contributed by atoms with Crippen molar-refractivity contribution < 1.29 is 5.11 Å². The number of aliphatic hydroxyl groups is 1. The molecule has 2 fully saturated rings. The van der Waals surface area contributed by atoms with E-state index in [0.717, 1.165) is 23.0 Å². The molecule has 0 spiro atoms. The molecule has 2 saturated carbocycles. The van der Waals surface area contributed by atoms with Crippen LogP contribution in [0, 0.1) is 17.8 Å². The van der Waals surface area contributed by atoms with Gasteiger partial charge in [0, 0.05) is 17.5 Å². The smallest absolute Gasteiger partial charge is 0.0705 e. The van der Waals surface area contributed by atoms with Crippen LogP contribution in [0.2, 0.25) is 0 Å². The highest BCUT2D eigenvalue weighted by Crippen LogP contribution is 2.59. The number of rotatable bonds is 3. The second-order valence-corrected chi connectivity index (χ2v) is 6.10. The summed E-state index contributed by atoms with van der Waals surface area (Å²) in [5.74, 6) is 2.19. The van der Waals surface area contributed by atoms with E-state index < -0.39 is 0 Å². The van der Waals surface area contributed by atoms with E-state index in [-0.39, 0.29) is 6.10 Å². The van der Waals surface area contributed by atoms with Crippen molar-refractivity contribution in [3.8, 4) is 0 Å². The molecule has 1 aromatic heterocycles. The van der Waals surface area contributed by atoms with Crippen LogP contribution in [0.4, 0.5) is 0 Å². The zero-order chi connectivity index (χ0) is 12.8. The van der Waals surface area contributed by atoms with E-state index >= 15 is 0 Å². The summed E-state index contributed by atoms with van der Waals surface area (Å²) in [6.45, 7) is 0. The van der Waals surface area contributed by atoms with E-state index in [2.05, 4.69) is 23.2 Å². The number of benzene rings is 1. The summed E-state index contributed by atoms with van der Waals surface area (Å²) < 4.78 is 0. The minimum Gasteiger partial charge on any atom is -0.392 e. The molecule has 0 saturated heterocycles. The molecule has 4 rings (SSSR count). The number of aromatic nitrogens is 1. The van der Waals surface area contributed by atoms with Crippen LogP contribution in [0.1, 0.15) is 25.0 Å². The minimum absolute atomic E-state index is 0.191. The fourth-order valence-electron chi connectivity index (χ4n) is 4.02. The molecule has 0 amide bonds. The average Bonchev–Trinajstić information content (AvgIpc) is 2.93. The maximum absolute atomic E-state index is 10.4. The summed E-state index contributed by atoms with van der Waals surface area (Å²) in [4.78, 5) is 4.66. The van der Waals surface area contributed by atoms with Crippen molar-refractivity contribution in [1.29, 1.82) is 0 Å². The average molecular weight is 253 g/mol. The van der Waals surface area contributed by atoms with Crippen molar-refractivity contribution in [3.05, 3.63) is 42.1 Å². The minimum atomic E-state index is -0.191. The Hall–Kier alpha value is -1.41. The zero-order valence-corrected chi connectivity index (χ0v) is 11.0. The third-order valence-electron chi connectivity index (χ3n) is 4.99. The molecule has 2 aliphatic carbocycles. The van der Waals surface area contributed by atoms with Gasteiger partial charge in [0.25, 0.3) is 0 Å². The first kappa shape index (κ1) is 11.4. The predicted molar refractivity (Wildman–Crippen MR) is 75.8 cm³/mol. The number of fused-ring (bicyclic) bond motifs is 2. The molecule has 2 aliphatic rings. The second-order valence-electron chi connectivity index (χ2n) is 6.10. The van der Waals surface area contributed by atoms with Crippen molar-refractivity contribution in [3.63, 3.8) is 0 Å². The number of pyridine rings is 1. The largest absolute Gasteiger partial charge is 0.392 e. The first-order valence-electron chi connectivity index (χ1n) is 7.36. The quantitative estimate of drug-likeness (QED) is 0.911. The molecule has 2 heteroatoms. The van der Waals surface area contributed by atoms with E-state index in [4.69, 9.17) is 0 Å². The Balaban J connectivity index is 1.51. The van der Waals surface area contributed by atoms with Gasteiger partial charge in [-0.1, -0.05) is 30.7 Å². The number of aliphatic hydroxyl groups excluding tert-OH is 1. The highest BCUT2D eigenvalue weighted by molar-refractivity contribution is 5.78. The maximum Gasteiger partial charge on any atom is 0.0705 e. The first-order valence-corrected chi connectivity index (χ1v) is 7.36. The van der Waals surface area contributed by atoms with Crippen molar-refractivity contribution in [2.24, 2.45) is 17.8 Å². The molecule has 98 valence electrons. The van der Waals surface area contributed by atoms with Gasteiger partial charge in [-0.3, -0.25) is 4.98 Å². The lowest BCUT2D eigenvalue weighted by Gasteiger charge is -2.12. The summed E-state index contributed by atoms with van der Waals surface area (Å²) in [6, 6.07) is 12.3. The van der Waals surface area contributed by atoms with Gasteiger partial charge < -0.3 is 5.11 Å². The highest BCUT2D eigenvalue weighted by Gasteiger charge is 2.55. The van der Waals surface area contributed by atoms with Crippen LogP contribution in [-0.2, 0) is 6.42 Å². The zero-order valence-electron chi connectivity index (χ0n) is 11.0. The van der Waals surface area contributed by atoms with E-state index in [9.17, 15) is 5.11 Å². The third kappa shape index (κ3) is 1.95. The molecule has 1 heterocycles. The van der Waals surface area contributed by atoms with Gasteiger partial charge in [0.15, 0.2) is 0 Å².